The number of rotatable bonds is 3. The van der Waals surface area contributed by atoms with E-state index in [2.05, 4.69) is 15.1 Å². The highest BCUT2D eigenvalue weighted by atomic mass is 35.5. The van der Waals surface area contributed by atoms with Crippen LogP contribution in [0.3, 0.4) is 0 Å². The van der Waals surface area contributed by atoms with Crippen molar-refractivity contribution in [2.24, 2.45) is 10.7 Å². The summed E-state index contributed by atoms with van der Waals surface area (Å²) in [6.45, 7) is 3.07. The Labute approximate surface area is 132 Å². The first-order valence-corrected chi connectivity index (χ1v) is 7.31. The van der Waals surface area contributed by atoms with Crippen LogP contribution < -0.4 is 5.73 Å². The zero-order valence-electron chi connectivity index (χ0n) is 11.9. The van der Waals surface area contributed by atoms with Crippen molar-refractivity contribution in [2.45, 2.75) is 6.54 Å². The van der Waals surface area contributed by atoms with Crippen LogP contribution in [-0.4, -0.2) is 47.3 Å². The average Bonchev–Trinajstić information content (AvgIpc) is 3.03. The van der Waals surface area contributed by atoms with Crippen LogP contribution in [0, 0.1) is 0 Å². The summed E-state index contributed by atoms with van der Waals surface area (Å²) in [5, 5.41) is 4.60. The summed E-state index contributed by atoms with van der Waals surface area (Å²) < 4.78 is 10.5. The SMILES string of the molecule is NC(=NCc1nc(-c2ccc(Cl)cc2)no1)N1CCOCC1. The fourth-order valence-electron chi connectivity index (χ4n) is 2.08. The number of halogens is 1. The number of nitrogens with two attached hydrogens (primary N) is 1. The number of ether oxygens (including phenoxy) is 1. The van der Waals surface area contributed by atoms with E-state index in [1.54, 1.807) is 12.1 Å². The van der Waals surface area contributed by atoms with Gasteiger partial charge in [-0.15, -0.1) is 0 Å². The molecule has 1 saturated heterocycles. The average molecular weight is 322 g/mol. The predicted molar refractivity (Wildman–Crippen MR) is 82.5 cm³/mol. The van der Waals surface area contributed by atoms with Gasteiger partial charge in [-0.25, -0.2) is 4.99 Å². The molecule has 8 heteroatoms. The molecule has 1 fully saturated rings. The van der Waals surface area contributed by atoms with Gasteiger partial charge in [0.25, 0.3) is 0 Å². The Morgan fingerprint density at radius 2 is 2.00 bits per heavy atom. The zero-order valence-corrected chi connectivity index (χ0v) is 12.7. The molecular formula is C14H16ClN5O2. The van der Waals surface area contributed by atoms with Gasteiger partial charge in [-0.2, -0.15) is 4.98 Å². The van der Waals surface area contributed by atoms with Crippen LogP contribution in [-0.2, 0) is 11.3 Å². The van der Waals surface area contributed by atoms with Gasteiger partial charge in [-0.05, 0) is 24.3 Å². The van der Waals surface area contributed by atoms with Gasteiger partial charge in [0.2, 0.25) is 11.7 Å². The van der Waals surface area contributed by atoms with Crippen molar-refractivity contribution in [3.63, 3.8) is 0 Å². The van der Waals surface area contributed by atoms with Gasteiger partial charge >= 0.3 is 0 Å². The molecule has 7 nitrogen and oxygen atoms in total. The molecule has 2 N–H and O–H groups in total. The van der Waals surface area contributed by atoms with E-state index in [-0.39, 0.29) is 6.54 Å². The first-order valence-electron chi connectivity index (χ1n) is 6.93. The summed E-state index contributed by atoms with van der Waals surface area (Å²) in [5.41, 5.74) is 6.78. The molecule has 0 bridgehead atoms. The number of aliphatic imine (C=N–C) groups is 1. The molecule has 0 unspecified atom stereocenters. The maximum Gasteiger partial charge on any atom is 0.248 e. The van der Waals surface area contributed by atoms with Gasteiger partial charge in [0.15, 0.2) is 5.96 Å². The standard InChI is InChI=1S/C14H16ClN5O2/c15-11-3-1-10(2-4-11)13-18-12(22-19-13)9-17-14(16)20-5-7-21-8-6-20/h1-4H,5-9H2,(H2,16,17). The molecular weight excluding hydrogens is 306 g/mol. The molecule has 3 rings (SSSR count). The predicted octanol–water partition coefficient (Wildman–Crippen LogP) is 1.54. The fraction of sp³-hybridized carbons (Fsp3) is 0.357. The number of aromatic nitrogens is 2. The third-order valence-electron chi connectivity index (χ3n) is 3.28. The summed E-state index contributed by atoms with van der Waals surface area (Å²) in [7, 11) is 0. The van der Waals surface area contributed by atoms with Crippen molar-refractivity contribution in [3.05, 3.63) is 35.2 Å². The second kappa shape index (κ2) is 6.76. The number of benzene rings is 1. The summed E-state index contributed by atoms with van der Waals surface area (Å²) in [6, 6.07) is 7.23. The van der Waals surface area contributed by atoms with Crippen molar-refractivity contribution in [1.29, 1.82) is 0 Å². The molecule has 0 radical (unpaired) electrons. The second-order valence-electron chi connectivity index (χ2n) is 4.79. The third kappa shape index (κ3) is 3.55. The van der Waals surface area contributed by atoms with E-state index < -0.39 is 0 Å². The van der Waals surface area contributed by atoms with Gasteiger partial charge in [0.05, 0.1) is 13.2 Å². The first kappa shape index (κ1) is 14.8. The third-order valence-corrected chi connectivity index (χ3v) is 3.53. The van der Waals surface area contributed by atoms with Gasteiger partial charge in [0.1, 0.15) is 6.54 Å². The molecule has 116 valence electrons. The number of hydrogen-bond donors (Lipinski definition) is 1. The lowest BCUT2D eigenvalue weighted by Gasteiger charge is -2.27. The van der Waals surface area contributed by atoms with E-state index in [1.807, 2.05) is 17.0 Å². The van der Waals surface area contributed by atoms with Crippen molar-refractivity contribution < 1.29 is 9.26 Å². The van der Waals surface area contributed by atoms with E-state index in [0.29, 0.717) is 35.9 Å². The summed E-state index contributed by atoms with van der Waals surface area (Å²) in [6.07, 6.45) is 0. The lowest BCUT2D eigenvalue weighted by atomic mass is 10.2. The summed E-state index contributed by atoms with van der Waals surface area (Å²) in [4.78, 5) is 10.6. The maximum atomic E-state index is 5.95. The van der Waals surface area contributed by atoms with Gasteiger partial charge in [-0.3, -0.25) is 0 Å². The quantitative estimate of drug-likeness (QED) is 0.681. The molecule has 2 heterocycles. The molecule has 0 aliphatic carbocycles. The summed E-state index contributed by atoms with van der Waals surface area (Å²) in [5.74, 6) is 1.39. The lowest BCUT2D eigenvalue weighted by molar-refractivity contribution is 0.0674. The van der Waals surface area contributed by atoms with Crippen LogP contribution in [0.4, 0.5) is 0 Å². The Kier molecular flexibility index (Phi) is 4.55. The van der Waals surface area contributed by atoms with E-state index in [1.165, 1.54) is 0 Å². The molecule has 1 aromatic carbocycles. The number of morpholine rings is 1. The Bertz CT molecular complexity index is 650. The highest BCUT2D eigenvalue weighted by Crippen LogP contribution is 2.18. The topological polar surface area (TPSA) is 89.8 Å². The monoisotopic (exact) mass is 321 g/mol. The zero-order chi connectivity index (χ0) is 15.4. The number of nitrogens with zero attached hydrogens (tertiary/aromatic N) is 4. The van der Waals surface area contributed by atoms with Crippen LogP contribution in [0.5, 0.6) is 0 Å². The molecule has 2 aromatic rings. The van der Waals surface area contributed by atoms with Gasteiger partial charge < -0.3 is 19.9 Å². The van der Waals surface area contributed by atoms with E-state index in [0.717, 1.165) is 18.7 Å². The minimum absolute atomic E-state index is 0.254. The molecule has 1 aliphatic heterocycles. The Morgan fingerprint density at radius 1 is 1.27 bits per heavy atom. The molecule has 0 saturated carbocycles. The van der Waals surface area contributed by atoms with Crippen molar-refractivity contribution >= 4 is 17.6 Å². The Morgan fingerprint density at radius 3 is 2.73 bits per heavy atom. The molecule has 22 heavy (non-hydrogen) atoms. The van der Waals surface area contributed by atoms with Crippen LogP contribution in [0.25, 0.3) is 11.4 Å². The Hall–Kier alpha value is -2.12. The number of hydrogen-bond acceptors (Lipinski definition) is 5. The maximum absolute atomic E-state index is 5.95. The van der Waals surface area contributed by atoms with Gasteiger partial charge in [-0.1, -0.05) is 16.8 Å². The molecule has 1 aliphatic rings. The minimum atomic E-state index is 0.254. The Balaban J connectivity index is 1.65. The highest BCUT2D eigenvalue weighted by molar-refractivity contribution is 6.30. The van der Waals surface area contributed by atoms with Crippen LogP contribution in [0.2, 0.25) is 5.02 Å². The fourth-order valence-corrected chi connectivity index (χ4v) is 2.20. The molecule has 1 aromatic heterocycles. The number of guanidine groups is 1. The minimum Gasteiger partial charge on any atom is -0.378 e. The normalized spacial score (nSPS) is 16.0. The first-order chi connectivity index (χ1) is 10.7. The second-order valence-corrected chi connectivity index (χ2v) is 5.23. The van der Waals surface area contributed by atoms with Gasteiger partial charge in [0, 0.05) is 23.7 Å². The van der Waals surface area contributed by atoms with Crippen LogP contribution >= 0.6 is 11.6 Å². The summed E-state index contributed by atoms with van der Waals surface area (Å²) >= 11 is 5.85. The van der Waals surface area contributed by atoms with E-state index in [9.17, 15) is 0 Å². The van der Waals surface area contributed by atoms with E-state index in [4.69, 9.17) is 26.6 Å². The lowest BCUT2D eigenvalue weighted by Crippen LogP contribution is -2.44. The van der Waals surface area contributed by atoms with Crippen molar-refractivity contribution in [3.8, 4) is 11.4 Å². The van der Waals surface area contributed by atoms with Crippen LogP contribution in [0.1, 0.15) is 5.89 Å². The molecule has 0 spiro atoms. The molecule has 0 atom stereocenters. The largest absolute Gasteiger partial charge is 0.378 e. The molecule has 0 amide bonds. The van der Waals surface area contributed by atoms with E-state index >= 15 is 0 Å². The highest BCUT2D eigenvalue weighted by Gasteiger charge is 2.13. The van der Waals surface area contributed by atoms with Crippen LogP contribution in [0.15, 0.2) is 33.8 Å². The van der Waals surface area contributed by atoms with Crippen molar-refractivity contribution in [1.82, 2.24) is 15.0 Å². The van der Waals surface area contributed by atoms with Crippen molar-refractivity contribution in [2.75, 3.05) is 26.3 Å². The smallest absolute Gasteiger partial charge is 0.248 e.